The van der Waals surface area contributed by atoms with Crippen LogP contribution in [0.25, 0.3) is 11.2 Å². The van der Waals surface area contributed by atoms with Crippen LogP contribution in [0.1, 0.15) is 13.2 Å². The number of hydrogen-bond donors (Lipinski definition) is 6. The van der Waals surface area contributed by atoms with Crippen molar-refractivity contribution in [3.63, 3.8) is 0 Å². The van der Waals surface area contributed by atoms with E-state index in [4.69, 9.17) is 30.4 Å². The van der Waals surface area contributed by atoms with E-state index in [2.05, 4.69) is 15.0 Å². The minimum atomic E-state index is -4.74. The molecule has 1 aliphatic heterocycles. The molecule has 166 valence electrons. The Bertz CT molecular complexity index is 973. The van der Waals surface area contributed by atoms with Crippen LogP contribution >= 0.6 is 7.82 Å². The van der Waals surface area contributed by atoms with Gasteiger partial charge in [0.25, 0.3) is 0 Å². The summed E-state index contributed by atoms with van der Waals surface area (Å²) in [5.74, 6) is -1.32. The molecule has 0 amide bonds. The normalized spacial score (nSPS) is 28.3. The van der Waals surface area contributed by atoms with Crippen molar-refractivity contribution in [3.8, 4) is 0 Å². The minimum absolute atomic E-state index is 0.110. The highest BCUT2D eigenvalue weighted by Crippen LogP contribution is 2.46. The van der Waals surface area contributed by atoms with Crippen LogP contribution in [0.3, 0.4) is 0 Å². The number of nitrogen functional groups attached to an aromatic ring is 1. The number of phosphoric acid groups is 1. The summed E-state index contributed by atoms with van der Waals surface area (Å²) in [7, 11) is -4.74. The Labute approximate surface area is 168 Å². The third-order valence-electron chi connectivity index (χ3n) is 4.49. The Morgan fingerprint density at radius 3 is 2.73 bits per heavy atom. The van der Waals surface area contributed by atoms with Crippen molar-refractivity contribution in [2.75, 3.05) is 12.3 Å². The second kappa shape index (κ2) is 8.49. The van der Waals surface area contributed by atoms with Crippen LogP contribution in [-0.2, 0) is 23.1 Å². The Kier molecular flexibility index (Phi) is 6.35. The van der Waals surface area contributed by atoms with E-state index < -0.39 is 57.1 Å². The maximum Gasteiger partial charge on any atom is 0.472 e. The lowest BCUT2D eigenvalue weighted by molar-refractivity contribution is -0.140. The molecule has 16 heteroatoms. The van der Waals surface area contributed by atoms with Crippen molar-refractivity contribution in [3.05, 3.63) is 12.7 Å². The first-order valence-electron chi connectivity index (χ1n) is 8.60. The molecular weight excluding hydrogens is 427 g/mol. The van der Waals surface area contributed by atoms with Crippen molar-refractivity contribution >= 4 is 30.8 Å². The average Bonchev–Trinajstić information content (AvgIpc) is 3.22. The van der Waals surface area contributed by atoms with Gasteiger partial charge in [-0.3, -0.25) is 18.4 Å². The van der Waals surface area contributed by atoms with Crippen LogP contribution in [0.2, 0.25) is 0 Å². The summed E-state index contributed by atoms with van der Waals surface area (Å²) in [6.07, 6.45) is -4.18. The van der Waals surface area contributed by atoms with E-state index in [-0.39, 0.29) is 17.0 Å². The van der Waals surface area contributed by atoms with Gasteiger partial charge in [-0.2, -0.15) is 0 Å². The first kappa shape index (κ1) is 22.5. The second-order valence-corrected chi connectivity index (χ2v) is 7.97. The maximum absolute atomic E-state index is 12.0. The second-order valence-electron chi connectivity index (χ2n) is 6.57. The highest BCUT2D eigenvalue weighted by atomic mass is 31.2. The summed E-state index contributed by atoms with van der Waals surface area (Å²) in [5, 5.41) is 29.4. The molecule has 0 radical (unpaired) electrons. The third-order valence-corrected chi connectivity index (χ3v) is 5.57. The number of fused-ring (bicyclic) bond motifs is 1. The number of aromatic nitrogens is 4. The molecule has 3 rings (SSSR count). The van der Waals surface area contributed by atoms with Crippen molar-refractivity contribution in [2.24, 2.45) is 5.73 Å². The average molecular weight is 448 g/mol. The number of phosphoric ester groups is 1. The SMILES string of the molecule is C[C@@H](OP(=O)(O)OC[C@H]1O[C@@H](n2cnc3c(N)ncnc32)[C@H](O)[C@@H]1O)[C@H](N)C(=O)O. The Hall–Kier alpha value is -2.23. The quantitative estimate of drug-likeness (QED) is 0.239. The first-order valence-corrected chi connectivity index (χ1v) is 10.1. The van der Waals surface area contributed by atoms with Gasteiger partial charge in [-0.05, 0) is 6.92 Å². The summed E-state index contributed by atoms with van der Waals surface area (Å²) >= 11 is 0. The van der Waals surface area contributed by atoms with Crippen LogP contribution in [0.15, 0.2) is 12.7 Å². The first-order chi connectivity index (χ1) is 14.0. The lowest BCUT2D eigenvalue weighted by Crippen LogP contribution is -2.41. The maximum atomic E-state index is 12.0. The van der Waals surface area contributed by atoms with Gasteiger partial charge in [0, 0.05) is 0 Å². The van der Waals surface area contributed by atoms with Gasteiger partial charge in [0.15, 0.2) is 17.7 Å². The van der Waals surface area contributed by atoms with Crippen molar-refractivity contribution < 1.29 is 43.4 Å². The summed E-state index contributed by atoms with van der Waals surface area (Å²) < 4.78 is 28.4. The third kappa shape index (κ3) is 4.43. The number of ether oxygens (including phenoxy) is 1. The predicted molar refractivity (Wildman–Crippen MR) is 97.6 cm³/mol. The molecule has 1 unspecified atom stereocenters. The number of anilines is 1. The largest absolute Gasteiger partial charge is 0.480 e. The molecule has 0 aliphatic carbocycles. The van der Waals surface area contributed by atoms with E-state index in [1.807, 2.05) is 0 Å². The van der Waals surface area contributed by atoms with Gasteiger partial charge >= 0.3 is 13.8 Å². The van der Waals surface area contributed by atoms with Crippen LogP contribution in [0, 0.1) is 0 Å². The fraction of sp³-hybridized carbons (Fsp3) is 0.571. The van der Waals surface area contributed by atoms with Crippen molar-refractivity contribution in [2.45, 2.75) is 43.6 Å². The smallest absolute Gasteiger partial charge is 0.472 e. The number of aliphatic hydroxyl groups excluding tert-OH is 2. The van der Waals surface area contributed by atoms with Crippen LogP contribution in [-0.4, -0.2) is 82.8 Å². The highest BCUT2D eigenvalue weighted by Gasteiger charge is 2.45. The van der Waals surface area contributed by atoms with Gasteiger partial charge < -0.3 is 36.4 Å². The molecule has 3 heterocycles. The van der Waals surface area contributed by atoms with Gasteiger partial charge in [-0.1, -0.05) is 0 Å². The number of carbonyl (C=O) groups is 1. The van der Waals surface area contributed by atoms with Gasteiger partial charge in [0.05, 0.1) is 19.0 Å². The fourth-order valence-electron chi connectivity index (χ4n) is 2.83. The van der Waals surface area contributed by atoms with E-state index in [1.54, 1.807) is 0 Å². The zero-order valence-electron chi connectivity index (χ0n) is 15.5. The summed E-state index contributed by atoms with van der Waals surface area (Å²) in [5.41, 5.74) is 11.5. The van der Waals surface area contributed by atoms with Gasteiger partial charge in [-0.25, -0.2) is 19.5 Å². The molecule has 1 aliphatic rings. The number of aliphatic hydroxyl groups is 2. The molecule has 0 aromatic carbocycles. The van der Waals surface area contributed by atoms with Gasteiger partial charge in [0.2, 0.25) is 0 Å². The molecule has 2 aromatic rings. The predicted octanol–water partition coefficient (Wildman–Crippen LogP) is -2.04. The molecule has 0 spiro atoms. The van der Waals surface area contributed by atoms with E-state index in [0.717, 1.165) is 0 Å². The zero-order valence-corrected chi connectivity index (χ0v) is 16.4. The highest BCUT2D eigenvalue weighted by molar-refractivity contribution is 7.47. The Balaban J connectivity index is 1.67. The lowest BCUT2D eigenvalue weighted by atomic mass is 10.1. The number of aliphatic carboxylic acids is 1. The van der Waals surface area contributed by atoms with Crippen LogP contribution in [0.5, 0.6) is 0 Å². The standard InChI is InChI=1S/C14H21N6O9P/c1-5(7(15)14(23)24)29-30(25,26)27-2-6-9(21)10(22)13(28-6)20-4-19-8-11(16)17-3-18-12(8)20/h3-7,9-10,13,21-22H,2,15H2,1H3,(H,23,24)(H,25,26)(H2,16,17,18)/t5-,6-,7+,9-,10-,13-/m1/s1. The molecule has 7 atom stereocenters. The number of rotatable bonds is 8. The summed E-state index contributed by atoms with van der Waals surface area (Å²) in [6, 6.07) is -1.56. The molecular formula is C14H21N6O9P. The molecule has 30 heavy (non-hydrogen) atoms. The topological polar surface area (TPSA) is 238 Å². The molecule has 1 saturated heterocycles. The molecule has 2 aromatic heterocycles. The number of nitrogens with two attached hydrogens (primary N) is 2. The monoisotopic (exact) mass is 448 g/mol. The van der Waals surface area contributed by atoms with E-state index in [0.29, 0.717) is 0 Å². The fourth-order valence-corrected chi connectivity index (χ4v) is 3.78. The van der Waals surface area contributed by atoms with Gasteiger partial charge in [-0.15, -0.1) is 0 Å². The van der Waals surface area contributed by atoms with E-state index in [9.17, 15) is 24.5 Å². The minimum Gasteiger partial charge on any atom is -0.480 e. The number of imidazole rings is 1. The zero-order chi connectivity index (χ0) is 22.2. The number of carboxylic acid groups (broad SMARTS) is 1. The van der Waals surface area contributed by atoms with Gasteiger partial charge in [0.1, 0.15) is 36.2 Å². The molecule has 8 N–H and O–H groups in total. The summed E-state index contributed by atoms with van der Waals surface area (Å²) in [6.45, 7) is 0.532. The lowest BCUT2D eigenvalue weighted by Gasteiger charge is -2.21. The number of hydrogen-bond acceptors (Lipinski definition) is 12. The molecule has 1 fully saturated rings. The molecule has 0 saturated carbocycles. The Morgan fingerprint density at radius 2 is 2.07 bits per heavy atom. The number of nitrogens with zero attached hydrogens (tertiary/aromatic N) is 4. The molecule has 0 bridgehead atoms. The number of carboxylic acids is 1. The van der Waals surface area contributed by atoms with Crippen molar-refractivity contribution in [1.82, 2.24) is 19.5 Å². The van der Waals surface area contributed by atoms with Crippen molar-refractivity contribution in [1.29, 1.82) is 0 Å². The van der Waals surface area contributed by atoms with E-state index in [1.165, 1.54) is 24.1 Å². The van der Waals surface area contributed by atoms with E-state index >= 15 is 0 Å². The van der Waals surface area contributed by atoms with Crippen LogP contribution < -0.4 is 11.5 Å². The molecule has 15 nitrogen and oxygen atoms in total. The Morgan fingerprint density at radius 1 is 1.37 bits per heavy atom. The summed E-state index contributed by atoms with van der Waals surface area (Å²) in [4.78, 5) is 32.4. The van der Waals surface area contributed by atoms with Crippen LogP contribution in [0.4, 0.5) is 5.82 Å².